The van der Waals surface area contributed by atoms with Gasteiger partial charge in [0.2, 0.25) is 0 Å². The van der Waals surface area contributed by atoms with Gasteiger partial charge in [-0.05, 0) is 30.9 Å². The smallest absolute Gasteiger partial charge is 0.156 e. The molecule has 5 rings (SSSR count). The molecule has 1 aliphatic heterocycles. The fourth-order valence-electron chi connectivity index (χ4n) is 3.67. The Bertz CT molecular complexity index is 1410. The highest BCUT2D eigenvalue weighted by Crippen LogP contribution is 2.44. The van der Waals surface area contributed by atoms with Gasteiger partial charge in [0.15, 0.2) is 11.5 Å². The highest BCUT2D eigenvalue weighted by Gasteiger charge is 2.36. The van der Waals surface area contributed by atoms with Gasteiger partial charge in [0.05, 0.1) is 23.8 Å². The van der Waals surface area contributed by atoms with Crippen molar-refractivity contribution in [3.8, 4) is 22.5 Å². The van der Waals surface area contributed by atoms with Crippen LogP contribution >= 0.6 is 0 Å². The zero-order chi connectivity index (χ0) is 24.6. The summed E-state index contributed by atoms with van der Waals surface area (Å²) in [6, 6.07) is 2.55. The van der Waals surface area contributed by atoms with E-state index in [1.807, 2.05) is 0 Å². The van der Waals surface area contributed by atoms with Gasteiger partial charge in [-0.3, -0.25) is 14.8 Å². The maximum absolute atomic E-state index is 15.6. The van der Waals surface area contributed by atoms with Gasteiger partial charge in [0.25, 0.3) is 0 Å². The number of hydrogen-bond donors (Lipinski definition) is 1. The Kier molecular flexibility index (Phi) is 2.35. The van der Waals surface area contributed by atoms with Crippen LogP contribution < -0.4 is 0 Å². The molecule has 1 N–H and O–H groups in total. The molecule has 0 saturated heterocycles. The summed E-state index contributed by atoms with van der Waals surface area (Å²) < 4.78 is 78.6. The lowest BCUT2D eigenvalue weighted by molar-refractivity contribution is 0.347. The maximum atomic E-state index is 15.6. The zero-order valence-electron chi connectivity index (χ0n) is 20.7. The summed E-state index contributed by atoms with van der Waals surface area (Å²) in [5.41, 5.74) is -0.901. The molecule has 0 spiro atoms. The highest BCUT2D eigenvalue weighted by atomic mass is 19.1. The Hall–Kier alpha value is -3.16. The lowest BCUT2D eigenvalue weighted by Gasteiger charge is -2.16. The van der Waals surface area contributed by atoms with E-state index in [0.29, 0.717) is 11.0 Å². The van der Waals surface area contributed by atoms with Gasteiger partial charge in [0.1, 0.15) is 11.5 Å². The Balaban J connectivity index is 1.84. The van der Waals surface area contributed by atoms with E-state index in [9.17, 15) is 4.39 Å². The van der Waals surface area contributed by atoms with Gasteiger partial charge >= 0.3 is 0 Å². The predicted octanol–water partition coefficient (Wildman–Crippen LogP) is 4.05. The van der Waals surface area contributed by atoms with Crippen LogP contribution in [0.5, 0.6) is 0 Å². The third kappa shape index (κ3) is 2.44. The molecular weight excluding hydrogens is 362 g/mol. The minimum Gasteiger partial charge on any atom is -0.268 e. The zero-order valence-corrected chi connectivity index (χ0v) is 14.7. The summed E-state index contributed by atoms with van der Waals surface area (Å²) in [5, 5.41) is 11.4. The molecule has 0 fully saturated rings. The van der Waals surface area contributed by atoms with Crippen molar-refractivity contribution in [3.05, 3.63) is 47.5 Å². The second kappa shape index (κ2) is 5.67. The molecule has 0 saturated carbocycles. The van der Waals surface area contributed by atoms with E-state index in [-0.39, 0.29) is 33.9 Å². The Morgan fingerprint density at radius 1 is 1.21 bits per heavy atom. The van der Waals surface area contributed by atoms with E-state index in [2.05, 4.69) is 25.3 Å². The second-order valence-corrected chi connectivity index (χ2v) is 6.97. The van der Waals surface area contributed by atoms with Crippen molar-refractivity contribution in [3.63, 3.8) is 0 Å². The molecule has 0 amide bonds. The number of fused-ring (bicyclic) bond motifs is 2. The minimum absolute atomic E-state index is 0.0468. The molecule has 0 aromatic carbocycles. The summed E-state index contributed by atoms with van der Waals surface area (Å²) >= 11 is 0. The number of aryl methyl sites for hydroxylation is 1. The van der Waals surface area contributed by atoms with Crippen molar-refractivity contribution in [2.24, 2.45) is 5.41 Å². The lowest BCUT2D eigenvalue weighted by Crippen LogP contribution is -2.13. The van der Waals surface area contributed by atoms with Gasteiger partial charge in [-0.15, -0.1) is 0 Å². The van der Waals surface area contributed by atoms with E-state index < -0.39 is 43.7 Å². The van der Waals surface area contributed by atoms with Crippen LogP contribution in [0.2, 0.25) is 0 Å². The van der Waals surface area contributed by atoms with E-state index in [0.717, 1.165) is 6.20 Å². The first kappa shape index (κ1) is 11.6. The first-order valence-electron chi connectivity index (χ1n) is 11.6. The molecule has 28 heavy (non-hydrogen) atoms. The number of aromatic amines is 1. The Morgan fingerprint density at radius 3 is 2.82 bits per heavy atom. The van der Waals surface area contributed by atoms with E-state index in [1.165, 1.54) is 29.9 Å². The summed E-state index contributed by atoms with van der Waals surface area (Å²) in [6.45, 7) is -4.65. The minimum atomic E-state index is -2.85. The van der Waals surface area contributed by atoms with Crippen LogP contribution in [0.1, 0.15) is 33.3 Å². The summed E-state index contributed by atoms with van der Waals surface area (Å²) in [7, 11) is 0. The maximum Gasteiger partial charge on any atom is 0.156 e. The normalized spacial score (nSPS) is 19.4. The fourth-order valence-corrected chi connectivity index (χ4v) is 3.67. The van der Waals surface area contributed by atoms with Crippen molar-refractivity contribution in [1.29, 1.82) is 0 Å². The fraction of sp³-hybridized carbons (Fsp3) is 0.300. The van der Waals surface area contributed by atoms with Crippen LogP contribution in [0.4, 0.5) is 8.78 Å². The van der Waals surface area contributed by atoms with Crippen molar-refractivity contribution < 1.29 is 17.0 Å². The third-order valence-corrected chi connectivity index (χ3v) is 4.87. The molecule has 0 unspecified atom stereocenters. The molecule has 142 valence electrons. The van der Waals surface area contributed by atoms with Crippen LogP contribution in [0.25, 0.3) is 33.5 Å². The largest absolute Gasteiger partial charge is 0.268 e. The summed E-state index contributed by atoms with van der Waals surface area (Å²) in [4.78, 5) is 8.22. The third-order valence-electron chi connectivity index (χ3n) is 4.87. The molecule has 0 bridgehead atoms. The number of aromatic nitrogens is 6. The Labute approximate surface area is 168 Å². The molecule has 4 aromatic rings. The average molecular weight is 386 g/mol. The number of pyridine rings is 2. The van der Waals surface area contributed by atoms with Crippen LogP contribution in [0, 0.1) is 24.0 Å². The first-order valence-corrected chi connectivity index (χ1v) is 8.55. The molecule has 0 atom stereocenters. The van der Waals surface area contributed by atoms with Crippen LogP contribution in [-0.2, 0) is 13.0 Å². The molecule has 1 aliphatic rings. The monoisotopic (exact) mass is 386 g/mol. The van der Waals surface area contributed by atoms with Crippen molar-refractivity contribution in [2.75, 3.05) is 0 Å². The first-order chi connectivity index (χ1) is 15.8. The molecule has 6 nitrogen and oxygen atoms in total. The SMILES string of the molecule is [2H]C([2H])([2H])C1(C([2H])([2H])[2H])Cc2c(-c3c(F)c(C)nc4[nH]ncc34)c(-c3ccc(F)cn3)nn2C1. The topological polar surface area (TPSA) is 72.3 Å². The summed E-state index contributed by atoms with van der Waals surface area (Å²) in [6.07, 6.45) is 1.96. The molecule has 8 heteroatoms. The number of rotatable bonds is 2. The number of hydrogen-bond acceptors (Lipinski definition) is 4. The lowest BCUT2D eigenvalue weighted by atomic mass is 9.88. The van der Waals surface area contributed by atoms with E-state index in [4.69, 9.17) is 8.22 Å². The number of H-pyrrole nitrogens is 1. The predicted molar refractivity (Wildman–Crippen MR) is 100 cm³/mol. The summed E-state index contributed by atoms with van der Waals surface area (Å²) in [5.74, 6) is -1.27. The number of nitrogens with zero attached hydrogens (tertiary/aromatic N) is 5. The number of halogens is 2. The van der Waals surface area contributed by atoms with Gasteiger partial charge in [0, 0.05) is 37.0 Å². The van der Waals surface area contributed by atoms with E-state index >= 15 is 4.39 Å². The van der Waals surface area contributed by atoms with Crippen molar-refractivity contribution in [1.82, 2.24) is 29.9 Å². The highest BCUT2D eigenvalue weighted by molar-refractivity contribution is 5.97. The van der Waals surface area contributed by atoms with E-state index in [1.54, 1.807) is 0 Å². The number of nitrogens with one attached hydrogen (secondary N) is 1. The van der Waals surface area contributed by atoms with Gasteiger partial charge in [-0.1, -0.05) is 13.7 Å². The van der Waals surface area contributed by atoms with Gasteiger partial charge in [-0.2, -0.15) is 10.2 Å². The van der Waals surface area contributed by atoms with Crippen molar-refractivity contribution in [2.45, 2.75) is 33.6 Å². The van der Waals surface area contributed by atoms with Crippen LogP contribution in [-0.4, -0.2) is 29.9 Å². The molecule has 0 aliphatic carbocycles. The van der Waals surface area contributed by atoms with Gasteiger partial charge < -0.3 is 0 Å². The standard InChI is InChI=1S/C20H18F2N6/c1-10-17(22)15(12-8-24-26-19(12)25-10)16-14-6-20(2,3)9-28(14)27-18(16)13-5-4-11(21)7-23-13/h4-5,7-8H,6,9H2,1-3H3,(H,24,25,26)/i2D3,3D3. The molecule has 0 radical (unpaired) electrons. The van der Waals surface area contributed by atoms with Crippen LogP contribution in [0.15, 0.2) is 24.5 Å². The van der Waals surface area contributed by atoms with Crippen molar-refractivity contribution >= 4 is 11.0 Å². The quantitative estimate of drug-likeness (QED) is 0.564. The average Bonchev–Trinajstić information content (AvgIpc) is 3.42. The molecule has 4 aromatic heterocycles. The Morgan fingerprint density at radius 2 is 2.07 bits per heavy atom. The molecule has 5 heterocycles. The van der Waals surface area contributed by atoms with Gasteiger partial charge in [-0.25, -0.2) is 13.8 Å². The second-order valence-electron chi connectivity index (χ2n) is 6.97. The van der Waals surface area contributed by atoms with Crippen LogP contribution in [0.3, 0.4) is 0 Å². The molecular formula is C20H18F2N6.